The fourth-order valence-electron chi connectivity index (χ4n) is 1.15. The zero-order chi connectivity index (χ0) is 9.90. The lowest BCUT2D eigenvalue weighted by atomic mass is 10.0. The fourth-order valence-corrected chi connectivity index (χ4v) is 1.43. The SMILES string of the molecule is CC(C)(Cc1ccccc1)S(=O)[O-]. The molecule has 3 heteroatoms. The molecule has 0 aliphatic heterocycles. The number of benzene rings is 1. The van der Waals surface area contributed by atoms with Crippen molar-refractivity contribution in [1.82, 2.24) is 0 Å². The van der Waals surface area contributed by atoms with Crippen molar-refractivity contribution < 1.29 is 8.76 Å². The number of rotatable bonds is 3. The van der Waals surface area contributed by atoms with E-state index in [2.05, 4.69) is 0 Å². The summed E-state index contributed by atoms with van der Waals surface area (Å²) in [7, 11) is 0. The summed E-state index contributed by atoms with van der Waals surface area (Å²) in [6.45, 7) is 3.45. The van der Waals surface area contributed by atoms with E-state index in [0.29, 0.717) is 6.42 Å². The molecule has 1 unspecified atom stereocenters. The minimum Gasteiger partial charge on any atom is -0.772 e. The second-order valence-corrected chi connectivity index (χ2v) is 5.23. The molecule has 0 N–H and O–H groups in total. The van der Waals surface area contributed by atoms with E-state index in [1.165, 1.54) is 0 Å². The van der Waals surface area contributed by atoms with Crippen LogP contribution in [0.25, 0.3) is 0 Å². The van der Waals surface area contributed by atoms with Crippen molar-refractivity contribution in [3.8, 4) is 0 Å². The Morgan fingerprint density at radius 3 is 2.31 bits per heavy atom. The van der Waals surface area contributed by atoms with E-state index in [-0.39, 0.29) is 0 Å². The molecule has 0 heterocycles. The van der Waals surface area contributed by atoms with Gasteiger partial charge in [0.25, 0.3) is 0 Å². The number of hydrogen-bond acceptors (Lipinski definition) is 2. The van der Waals surface area contributed by atoms with E-state index in [9.17, 15) is 8.76 Å². The second-order valence-electron chi connectivity index (χ2n) is 3.66. The highest BCUT2D eigenvalue weighted by Gasteiger charge is 2.18. The van der Waals surface area contributed by atoms with Crippen molar-refractivity contribution in [2.45, 2.75) is 25.0 Å². The summed E-state index contributed by atoms with van der Waals surface area (Å²) in [6.07, 6.45) is 0.559. The molecule has 0 saturated carbocycles. The summed E-state index contributed by atoms with van der Waals surface area (Å²) >= 11 is -2.03. The van der Waals surface area contributed by atoms with Gasteiger partial charge in [-0.15, -0.1) is 0 Å². The van der Waals surface area contributed by atoms with E-state index in [4.69, 9.17) is 0 Å². The maximum Gasteiger partial charge on any atom is 0.0311 e. The first-order chi connectivity index (χ1) is 6.02. The van der Waals surface area contributed by atoms with Crippen molar-refractivity contribution in [2.75, 3.05) is 0 Å². The smallest absolute Gasteiger partial charge is 0.0311 e. The first-order valence-corrected chi connectivity index (χ1v) is 5.23. The Balaban J connectivity index is 2.75. The van der Waals surface area contributed by atoms with Gasteiger partial charge in [0.05, 0.1) is 0 Å². The van der Waals surface area contributed by atoms with Crippen molar-refractivity contribution in [3.63, 3.8) is 0 Å². The normalized spacial score (nSPS) is 14.1. The summed E-state index contributed by atoms with van der Waals surface area (Å²) in [6, 6.07) is 9.63. The molecule has 0 fully saturated rings. The largest absolute Gasteiger partial charge is 0.772 e. The third-order valence-corrected chi connectivity index (χ3v) is 2.97. The van der Waals surface area contributed by atoms with Crippen molar-refractivity contribution in [1.29, 1.82) is 0 Å². The van der Waals surface area contributed by atoms with Crippen molar-refractivity contribution in [3.05, 3.63) is 35.9 Å². The number of hydrogen-bond donors (Lipinski definition) is 0. The van der Waals surface area contributed by atoms with Crippen LogP contribution in [0, 0.1) is 0 Å². The lowest BCUT2D eigenvalue weighted by Crippen LogP contribution is -2.28. The fraction of sp³-hybridized carbons (Fsp3) is 0.400. The van der Waals surface area contributed by atoms with Crippen LogP contribution in [0.5, 0.6) is 0 Å². The molecule has 0 aliphatic carbocycles. The quantitative estimate of drug-likeness (QED) is 0.694. The summed E-state index contributed by atoms with van der Waals surface area (Å²) in [5, 5.41) is 0. The molecular weight excluding hydrogens is 184 g/mol. The van der Waals surface area contributed by atoms with Gasteiger partial charge in [-0.25, -0.2) is 0 Å². The van der Waals surface area contributed by atoms with Crippen molar-refractivity contribution in [2.24, 2.45) is 0 Å². The molecule has 1 aromatic carbocycles. The third-order valence-electron chi connectivity index (χ3n) is 1.92. The Hall–Kier alpha value is -0.670. The molecule has 0 saturated heterocycles. The topological polar surface area (TPSA) is 40.1 Å². The van der Waals surface area contributed by atoms with Crippen LogP contribution in [-0.2, 0) is 17.5 Å². The summed E-state index contributed by atoms with van der Waals surface area (Å²) in [4.78, 5) is 0. The zero-order valence-corrected chi connectivity index (χ0v) is 8.64. The Labute approximate surface area is 81.3 Å². The van der Waals surface area contributed by atoms with Gasteiger partial charge in [-0.1, -0.05) is 30.3 Å². The molecule has 1 atom stereocenters. The molecule has 0 bridgehead atoms. The molecule has 0 amide bonds. The molecule has 1 rings (SSSR count). The minimum atomic E-state index is -2.03. The molecule has 13 heavy (non-hydrogen) atoms. The van der Waals surface area contributed by atoms with Crippen LogP contribution in [0.3, 0.4) is 0 Å². The van der Waals surface area contributed by atoms with Gasteiger partial charge in [0.2, 0.25) is 0 Å². The second kappa shape index (κ2) is 4.03. The monoisotopic (exact) mass is 197 g/mol. The first kappa shape index (κ1) is 10.4. The molecule has 0 spiro atoms. The zero-order valence-electron chi connectivity index (χ0n) is 7.82. The van der Waals surface area contributed by atoms with E-state index >= 15 is 0 Å². The van der Waals surface area contributed by atoms with Gasteiger partial charge in [-0.3, -0.25) is 4.21 Å². The van der Waals surface area contributed by atoms with Gasteiger partial charge >= 0.3 is 0 Å². The predicted octanol–water partition coefficient (Wildman–Crippen LogP) is 1.89. The van der Waals surface area contributed by atoms with Crippen LogP contribution in [0.4, 0.5) is 0 Å². The standard InChI is InChI=1S/C10H14O2S/c1-10(2,13(11)12)8-9-6-4-3-5-7-9/h3-7H,8H2,1-2H3,(H,11,12)/p-1. The van der Waals surface area contributed by atoms with Gasteiger partial charge in [-0.2, -0.15) is 0 Å². The minimum absolute atomic E-state index is 0.559. The average Bonchev–Trinajstić information content (AvgIpc) is 2.05. The van der Waals surface area contributed by atoms with Crippen molar-refractivity contribution >= 4 is 11.1 Å². The Morgan fingerprint density at radius 2 is 1.85 bits per heavy atom. The molecule has 0 aliphatic rings. The lowest BCUT2D eigenvalue weighted by molar-refractivity contribution is 0.493. The highest BCUT2D eigenvalue weighted by Crippen LogP contribution is 2.17. The summed E-state index contributed by atoms with van der Waals surface area (Å²) in [5.41, 5.74) is 1.05. The Bertz CT molecular complexity index is 293. The third kappa shape index (κ3) is 2.94. The summed E-state index contributed by atoms with van der Waals surface area (Å²) in [5.74, 6) is 0. The van der Waals surface area contributed by atoms with Gasteiger partial charge in [0.1, 0.15) is 0 Å². The van der Waals surface area contributed by atoms with E-state index in [0.717, 1.165) is 5.56 Å². The molecule has 0 radical (unpaired) electrons. The molecule has 0 aromatic heterocycles. The van der Waals surface area contributed by atoms with Gasteiger partial charge in [-0.05, 0) is 36.9 Å². The van der Waals surface area contributed by atoms with Gasteiger partial charge in [0.15, 0.2) is 0 Å². The summed E-state index contributed by atoms with van der Waals surface area (Å²) < 4.78 is 21.0. The predicted molar refractivity (Wildman–Crippen MR) is 53.1 cm³/mol. The van der Waals surface area contributed by atoms with E-state index in [1.807, 2.05) is 30.3 Å². The Kier molecular flexibility index (Phi) is 3.22. The van der Waals surface area contributed by atoms with Crippen LogP contribution >= 0.6 is 0 Å². The highest BCUT2D eigenvalue weighted by molar-refractivity contribution is 7.80. The van der Waals surface area contributed by atoms with E-state index in [1.54, 1.807) is 13.8 Å². The van der Waals surface area contributed by atoms with Crippen LogP contribution in [0.15, 0.2) is 30.3 Å². The van der Waals surface area contributed by atoms with Crippen LogP contribution < -0.4 is 0 Å². The first-order valence-electron chi connectivity index (χ1n) is 4.16. The maximum atomic E-state index is 10.8. The molecular formula is C10H13O2S-. The molecule has 2 nitrogen and oxygen atoms in total. The maximum absolute atomic E-state index is 10.8. The molecule has 72 valence electrons. The molecule has 1 aromatic rings. The van der Waals surface area contributed by atoms with Gasteiger partial charge < -0.3 is 4.55 Å². The van der Waals surface area contributed by atoms with Crippen LogP contribution in [0.2, 0.25) is 0 Å². The lowest BCUT2D eigenvalue weighted by Gasteiger charge is -2.27. The van der Waals surface area contributed by atoms with E-state index < -0.39 is 15.8 Å². The van der Waals surface area contributed by atoms with Crippen LogP contribution in [0.1, 0.15) is 19.4 Å². The van der Waals surface area contributed by atoms with Crippen LogP contribution in [-0.4, -0.2) is 13.5 Å². The Morgan fingerprint density at radius 1 is 1.31 bits per heavy atom. The van der Waals surface area contributed by atoms with Gasteiger partial charge in [0, 0.05) is 4.75 Å². The average molecular weight is 197 g/mol. The highest BCUT2D eigenvalue weighted by atomic mass is 32.2.